The van der Waals surface area contributed by atoms with Gasteiger partial charge in [0.25, 0.3) is 0 Å². The van der Waals surface area contributed by atoms with Crippen molar-refractivity contribution in [2.75, 3.05) is 13.1 Å². The number of hydrogen-bond acceptors (Lipinski definition) is 2. The minimum atomic E-state index is -0.251. The van der Waals surface area contributed by atoms with Gasteiger partial charge in [0.2, 0.25) is 0 Å². The van der Waals surface area contributed by atoms with E-state index in [2.05, 4.69) is 11.9 Å². The van der Waals surface area contributed by atoms with Crippen molar-refractivity contribution in [3.63, 3.8) is 0 Å². The van der Waals surface area contributed by atoms with E-state index in [1.54, 1.807) is 0 Å². The summed E-state index contributed by atoms with van der Waals surface area (Å²) < 4.78 is 0. The maximum absolute atomic E-state index is 12.3. The van der Waals surface area contributed by atoms with Crippen molar-refractivity contribution in [3.05, 3.63) is 12.2 Å². The van der Waals surface area contributed by atoms with E-state index in [9.17, 15) is 9.59 Å². The Labute approximate surface area is 100 Å². The lowest BCUT2D eigenvalue weighted by atomic mass is 9.99. The van der Waals surface area contributed by atoms with Crippen molar-refractivity contribution in [2.45, 2.75) is 37.8 Å². The molecular weight excluding hydrogens is 218 g/mol. The molecular formula is C12H17N3O2. The standard InChI is InChI=1S/C12H17N3O2/c1-8-6-9-2-3-10(7-8)15(9)12(17)14-5-4-13-11(14)16/h9-10H,1-7H2,(H,13,16). The molecule has 0 spiro atoms. The third kappa shape index (κ3) is 1.61. The zero-order valence-corrected chi connectivity index (χ0v) is 9.82. The second-order valence-corrected chi connectivity index (χ2v) is 5.12. The molecule has 3 rings (SSSR count). The lowest BCUT2D eigenvalue weighted by molar-refractivity contribution is 0.134. The van der Waals surface area contributed by atoms with Gasteiger partial charge in [-0.1, -0.05) is 12.2 Å². The number of hydrogen-bond donors (Lipinski definition) is 1. The minimum absolute atomic E-state index is 0.111. The van der Waals surface area contributed by atoms with Crippen LogP contribution in [-0.2, 0) is 0 Å². The fraction of sp³-hybridized carbons (Fsp3) is 0.667. The summed E-state index contributed by atoms with van der Waals surface area (Å²) in [6, 6.07) is 0.170. The van der Waals surface area contributed by atoms with Gasteiger partial charge in [-0.2, -0.15) is 0 Å². The van der Waals surface area contributed by atoms with Crippen molar-refractivity contribution in [2.24, 2.45) is 0 Å². The van der Waals surface area contributed by atoms with E-state index in [0.717, 1.165) is 25.7 Å². The molecule has 17 heavy (non-hydrogen) atoms. The summed E-state index contributed by atoms with van der Waals surface area (Å²) >= 11 is 0. The predicted octanol–water partition coefficient (Wildman–Crippen LogP) is 1.31. The Morgan fingerprint density at radius 2 is 1.94 bits per heavy atom. The van der Waals surface area contributed by atoms with Crippen LogP contribution in [0.25, 0.3) is 0 Å². The van der Waals surface area contributed by atoms with E-state index in [0.29, 0.717) is 13.1 Å². The third-order valence-corrected chi connectivity index (χ3v) is 3.98. The summed E-state index contributed by atoms with van der Waals surface area (Å²) in [6.45, 7) is 5.09. The number of amides is 4. The zero-order valence-electron chi connectivity index (χ0n) is 9.82. The van der Waals surface area contributed by atoms with E-state index < -0.39 is 0 Å². The number of urea groups is 2. The Morgan fingerprint density at radius 1 is 1.29 bits per heavy atom. The lowest BCUT2D eigenvalue weighted by Gasteiger charge is -2.37. The second-order valence-electron chi connectivity index (χ2n) is 5.12. The molecule has 5 nitrogen and oxygen atoms in total. The van der Waals surface area contributed by atoms with Crippen LogP contribution in [0.1, 0.15) is 25.7 Å². The average molecular weight is 235 g/mol. The molecule has 2 unspecified atom stereocenters. The first kappa shape index (κ1) is 10.6. The number of imide groups is 1. The minimum Gasteiger partial charge on any atom is -0.336 e. The lowest BCUT2D eigenvalue weighted by Crippen LogP contribution is -2.51. The zero-order chi connectivity index (χ0) is 12.0. The number of nitrogens with zero attached hydrogens (tertiary/aromatic N) is 2. The SMILES string of the molecule is C=C1CC2CCC(C1)N2C(=O)N1CCNC1=O. The van der Waals surface area contributed by atoms with Crippen LogP contribution < -0.4 is 5.32 Å². The number of rotatable bonds is 0. The molecule has 3 aliphatic rings. The normalized spacial score (nSPS) is 32.0. The quantitative estimate of drug-likeness (QED) is 0.644. The average Bonchev–Trinajstić information content (AvgIpc) is 2.81. The van der Waals surface area contributed by atoms with Gasteiger partial charge in [0, 0.05) is 25.2 Å². The van der Waals surface area contributed by atoms with E-state index in [4.69, 9.17) is 0 Å². The predicted molar refractivity (Wildman–Crippen MR) is 62.5 cm³/mol. The summed E-state index contributed by atoms with van der Waals surface area (Å²) in [5.41, 5.74) is 1.24. The van der Waals surface area contributed by atoms with Crippen LogP contribution >= 0.6 is 0 Å². The van der Waals surface area contributed by atoms with Crippen molar-refractivity contribution < 1.29 is 9.59 Å². The van der Waals surface area contributed by atoms with Gasteiger partial charge in [0.05, 0.1) is 0 Å². The molecule has 0 aromatic carbocycles. The first-order valence-electron chi connectivity index (χ1n) is 6.21. The third-order valence-electron chi connectivity index (χ3n) is 3.98. The molecule has 3 fully saturated rings. The Bertz CT molecular complexity index is 377. The number of nitrogens with one attached hydrogen (secondary N) is 1. The molecule has 92 valence electrons. The van der Waals surface area contributed by atoms with E-state index >= 15 is 0 Å². The summed E-state index contributed by atoms with van der Waals surface area (Å²) in [7, 11) is 0. The molecule has 3 aliphatic heterocycles. The van der Waals surface area contributed by atoms with Gasteiger partial charge in [-0.3, -0.25) is 0 Å². The molecule has 0 radical (unpaired) electrons. The van der Waals surface area contributed by atoms with Crippen molar-refractivity contribution >= 4 is 12.1 Å². The summed E-state index contributed by atoms with van der Waals surface area (Å²) in [6.07, 6.45) is 3.89. The van der Waals surface area contributed by atoms with Gasteiger partial charge in [-0.05, 0) is 25.7 Å². The van der Waals surface area contributed by atoms with Gasteiger partial charge < -0.3 is 10.2 Å². The maximum Gasteiger partial charge on any atom is 0.328 e. The smallest absolute Gasteiger partial charge is 0.328 e. The van der Waals surface area contributed by atoms with Crippen LogP contribution in [0.15, 0.2) is 12.2 Å². The summed E-state index contributed by atoms with van der Waals surface area (Å²) in [5, 5.41) is 2.67. The summed E-state index contributed by atoms with van der Waals surface area (Å²) in [5.74, 6) is 0. The molecule has 2 bridgehead atoms. The van der Waals surface area contributed by atoms with Crippen LogP contribution in [0, 0.1) is 0 Å². The highest BCUT2D eigenvalue weighted by atomic mass is 16.2. The molecule has 1 N–H and O–H groups in total. The molecule has 0 saturated carbocycles. The highest BCUT2D eigenvalue weighted by Crippen LogP contribution is 2.38. The number of fused-ring (bicyclic) bond motifs is 2. The van der Waals surface area contributed by atoms with Crippen LogP contribution in [0.3, 0.4) is 0 Å². The van der Waals surface area contributed by atoms with Crippen molar-refractivity contribution in [1.29, 1.82) is 0 Å². The molecule has 5 heteroatoms. The Morgan fingerprint density at radius 3 is 2.47 bits per heavy atom. The monoisotopic (exact) mass is 235 g/mol. The molecule has 0 aliphatic carbocycles. The number of piperidine rings is 1. The molecule has 0 aromatic heterocycles. The van der Waals surface area contributed by atoms with Gasteiger partial charge in [-0.15, -0.1) is 0 Å². The van der Waals surface area contributed by atoms with Crippen LogP contribution in [0.4, 0.5) is 9.59 Å². The van der Waals surface area contributed by atoms with Gasteiger partial charge >= 0.3 is 12.1 Å². The first-order chi connectivity index (χ1) is 8.16. The van der Waals surface area contributed by atoms with E-state index in [-0.39, 0.29) is 24.1 Å². The molecule has 0 aromatic rings. The first-order valence-corrected chi connectivity index (χ1v) is 6.21. The van der Waals surface area contributed by atoms with Crippen LogP contribution in [0.2, 0.25) is 0 Å². The number of carbonyl (C=O) groups is 2. The highest BCUT2D eigenvalue weighted by Gasteiger charge is 2.44. The fourth-order valence-electron chi connectivity index (χ4n) is 3.22. The fourth-order valence-corrected chi connectivity index (χ4v) is 3.22. The van der Waals surface area contributed by atoms with Gasteiger partial charge in [-0.25, -0.2) is 14.5 Å². The molecule has 2 atom stereocenters. The second kappa shape index (κ2) is 3.75. The maximum atomic E-state index is 12.3. The van der Waals surface area contributed by atoms with E-state index in [1.165, 1.54) is 10.5 Å². The topological polar surface area (TPSA) is 52.7 Å². The van der Waals surface area contributed by atoms with Crippen molar-refractivity contribution in [1.82, 2.24) is 15.1 Å². The Hall–Kier alpha value is -1.52. The molecule has 4 amide bonds. The summed E-state index contributed by atoms with van der Waals surface area (Å²) in [4.78, 5) is 27.1. The largest absolute Gasteiger partial charge is 0.336 e. The Balaban J connectivity index is 1.78. The highest BCUT2D eigenvalue weighted by molar-refractivity contribution is 5.95. The Kier molecular flexibility index (Phi) is 2.34. The van der Waals surface area contributed by atoms with Gasteiger partial charge in [0.15, 0.2) is 0 Å². The van der Waals surface area contributed by atoms with Crippen LogP contribution in [-0.4, -0.2) is 47.0 Å². The van der Waals surface area contributed by atoms with Crippen LogP contribution in [0.5, 0.6) is 0 Å². The number of carbonyl (C=O) groups excluding carboxylic acids is 2. The van der Waals surface area contributed by atoms with Crippen molar-refractivity contribution in [3.8, 4) is 0 Å². The van der Waals surface area contributed by atoms with E-state index in [1.807, 2.05) is 4.90 Å². The molecule has 3 heterocycles. The van der Waals surface area contributed by atoms with Gasteiger partial charge in [0.1, 0.15) is 0 Å². The molecule has 3 saturated heterocycles.